The van der Waals surface area contributed by atoms with Crippen molar-refractivity contribution in [3.8, 4) is 0 Å². The number of aromatic nitrogens is 2. The van der Waals surface area contributed by atoms with Gasteiger partial charge in [-0.05, 0) is 6.42 Å². The molecular formula is C8H11N3O6S2. The summed E-state index contributed by atoms with van der Waals surface area (Å²) in [7, 11) is -7.54. The summed E-state index contributed by atoms with van der Waals surface area (Å²) in [6.45, 7) is 0. The van der Waals surface area contributed by atoms with Crippen LogP contribution >= 0.6 is 0 Å². The highest BCUT2D eigenvalue weighted by atomic mass is 32.2. The number of nitrogens with two attached hydrogens (primary N) is 1. The second-order valence-corrected chi connectivity index (χ2v) is 8.02. The fourth-order valence-corrected chi connectivity index (χ4v) is 4.22. The molecule has 0 aliphatic carbocycles. The highest BCUT2D eigenvalue weighted by Crippen LogP contribution is 2.21. The minimum absolute atomic E-state index is 0.0893. The molecule has 0 radical (unpaired) electrons. The number of nitrogens with one attached hydrogen (secondary N) is 1. The van der Waals surface area contributed by atoms with Crippen molar-refractivity contribution in [2.24, 2.45) is 5.14 Å². The van der Waals surface area contributed by atoms with Crippen LogP contribution in [-0.4, -0.2) is 37.9 Å². The monoisotopic (exact) mass is 309 g/mol. The SMILES string of the molecule is NS(=O)(=O)c1cn(C2CCS(=O)(=O)C2)c(=O)[nH]c1=O. The zero-order valence-corrected chi connectivity index (χ0v) is 11.2. The second-order valence-electron chi connectivity index (χ2n) is 4.26. The Bertz CT molecular complexity index is 832. The predicted octanol–water partition coefficient (Wildman–Crippen LogP) is -2.46. The Morgan fingerprint density at radius 1 is 1.37 bits per heavy atom. The Morgan fingerprint density at radius 2 is 2.00 bits per heavy atom. The molecular weight excluding hydrogens is 298 g/mol. The Hall–Kier alpha value is -1.46. The Labute approximate surface area is 108 Å². The second kappa shape index (κ2) is 4.28. The van der Waals surface area contributed by atoms with E-state index in [1.165, 1.54) is 0 Å². The van der Waals surface area contributed by atoms with Crippen molar-refractivity contribution in [1.29, 1.82) is 0 Å². The third-order valence-electron chi connectivity index (χ3n) is 2.84. The zero-order valence-electron chi connectivity index (χ0n) is 9.57. The van der Waals surface area contributed by atoms with Crippen LogP contribution in [0.3, 0.4) is 0 Å². The van der Waals surface area contributed by atoms with Crippen LogP contribution in [0.1, 0.15) is 12.5 Å². The number of nitrogens with zero attached hydrogens (tertiary/aromatic N) is 1. The van der Waals surface area contributed by atoms with Gasteiger partial charge in [0.25, 0.3) is 5.56 Å². The van der Waals surface area contributed by atoms with Gasteiger partial charge in [0.05, 0.1) is 17.5 Å². The summed E-state index contributed by atoms with van der Waals surface area (Å²) in [4.78, 5) is 24.0. The molecule has 1 aromatic heterocycles. The molecule has 1 atom stereocenters. The van der Waals surface area contributed by atoms with Gasteiger partial charge in [0.2, 0.25) is 10.0 Å². The molecule has 11 heteroatoms. The zero-order chi connectivity index (χ0) is 14.4. The van der Waals surface area contributed by atoms with Crippen molar-refractivity contribution in [1.82, 2.24) is 9.55 Å². The number of rotatable bonds is 2. The van der Waals surface area contributed by atoms with Crippen LogP contribution in [0.15, 0.2) is 20.7 Å². The van der Waals surface area contributed by atoms with Crippen LogP contribution in [0.5, 0.6) is 0 Å². The molecule has 106 valence electrons. The van der Waals surface area contributed by atoms with E-state index in [9.17, 15) is 26.4 Å². The lowest BCUT2D eigenvalue weighted by Gasteiger charge is -2.12. The number of primary sulfonamides is 1. The van der Waals surface area contributed by atoms with Gasteiger partial charge < -0.3 is 0 Å². The van der Waals surface area contributed by atoms with E-state index < -0.39 is 42.0 Å². The molecule has 0 aromatic carbocycles. The maximum Gasteiger partial charge on any atom is 0.328 e. The number of aromatic amines is 1. The largest absolute Gasteiger partial charge is 0.328 e. The lowest BCUT2D eigenvalue weighted by molar-refractivity contribution is 0.514. The van der Waals surface area contributed by atoms with Crippen molar-refractivity contribution >= 4 is 19.9 Å². The number of sulfonamides is 1. The average Bonchev–Trinajstić information content (AvgIpc) is 2.56. The molecule has 3 N–H and O–H groups in total. The normalized spacial score (nSPS) is 22.5. The van der Waals surface area contributed by atoms with E-state index >= 15 is 0 Å². The molecule has 1 unspecified atom stereocenters. The van der Waals surface area contributed by atoms with E-state index in [1.807, 2.05) is 4.98 Å². The van der Waals surface area contributed by atoms with Gasteiger partial charge in [-0.25, -0.2) is 26.8 Å². The summed E-state index contributed by atoms with van der Waals surface area (Å²) < 4.78 is 46.0. The quantitative estimate of drug-likeness (QED) is 0.619. The van der Waals surface area contributed by atoms with Crippen LogP contribution in [0.2, 0.25) is 0 Å². The number of hydrogen-bond donors (Lipinski definition) is 2. The first-order chi connectivity index (χ1) is 8.60. The van der Waals surface area contributed by atoms with Crippen molar-refractivity contribution in [2.75, 3.05) is 11.5 Å². The lowest BCUT2D eigenvalue weighted by atomic mass is 10.2. The number of hydrogen-bond acceptors (Lipinski definition) is 6. The van der Waals surface area contributed by atoms with Crippen LogP contribution in [-0.2, 0) is 19.9 Å². The summed E-state index contributed by atoms with van der Waals surface area (Å²) in [5.41, 5.74) is -1.98. The van der Waals surface area contributed by atoms with Gasteiger partial charge in [0.15, 0.2) is 14.7 Å². The molecule has 9 nitrogen and oxygen atoms in total. The topological polar surface area (TPSA) is 149 Å². The van der Waals surface area contributed by atoms with E-state index in [1.54, 1.807) is 0 Å². The molecule has 0 saturated carbocycles. The molecule has 0 amide bonds. The van der Waals surface area contributed by atoms with Crippen molar-refractivity contribution < 1.29 is 16.8 Å². The summed E-state index contributed by atoms with van der Waals surface area (Å²) in [5.74, 6) is -0.364. The van der Waals surface area contributed by atoms with E-state index in [2.05, 4.69) is 0 Å². The van der Waals surface area contributed by atoms with Gasteiger partial charge >= 0.3 is 5.69 Å². The molecule has 1 aliphatic heterocycles. The van der Waals surface area contributed by atoms with Gasteiger partial charge in [-0.2, -0.15) is 0 Å². The first-order valence-electron chi connectivity index (χ1n) is 5.19. The van der Waals surface area contributed by atoms with Gasteiger partial charge in [-0.15, -0.1) is 0 Å². The smallest absolute Gasteiger partial charge is 0.295 e. The maximum absolute atomic E-state index is 11.6. The van der Waals surface area contributed by atoms with Crippen molar-refractivity contribution in [3.05, 3.63) is 27.0 Å². The molecule has 0 spiro atoms. The van der Waals surface area contributed by atoms with Gasteiger partial charge in [-0.1, -0.05) is 0 Å². The number of sulfone groups is 1. The highest BCUT2D eigenvalue weighted by Gasteiger charge is 2.30. The minimum Gasteiger partial charge on any atom is -0.295 e. The third-order valence-corrected chi connectivity index (χ3v) is 5.50. The van der Waals surface area contributed by atoms with E-state index in [-0.39, 0.29) is 17.9 Å². The number of H-pyrrole nitrogens is 1. The molecule has 1 saturated heterocycles. The van der Waals surface area contributed by atoms with Crippen molar-refractivity contribution in [3.63, 3.8) is 0 Å². The highest BCUT2D eigenvalue weighted by molar-refractivity contribution is 7.91. The molecule has 1 fully saturated rings. The fourth-order valence-electron chi connectivity index (χ4n) is 1.94. The van der Waals surface area contributed by atoms with Gasteiger partial charge in [-0.3, -0.25) is 14.3 Å². The van der Waals surface area contributed by atoms with Crippen LogP contribution < -0.4 is 16.4 Å². The lowest BCUT2D eigenvalue weighted by Crippen LogP contribution is -2.36. The van der Waals surface area contributed by atoms with Crippen LogP contribution in [0.4, 0.5) is 0 Å². The Balaban J connectivity index is 2.60. The Morgan fingerprint density at radius 3 is 2.47 bits per heavy atom. The average molecular weight is 309 g/mol. The first-order valence-corrected chi connectivity index (χ1v) is 8.55. The molecule has 19 heavy (non-hydrogen) atoms. The standard InChI is InChI=1S/C8H11N3O6S2/c9-19(16,17)6-3-11(8(13)10-7(6)12)5-1-2-18(14,15)4-5/h3,5H,1-2,4H2,(H2,9,16,17)(H,10,12,13). The molecule has 0 bridgehead atoms. The van der Waals surface area contributed by atoms with E-state index in [0.717, 1.165) is 10.8 Å². The predicted molar refractivity (Wildman–Crippen MR) is 65.0 cm³/mol. The fraction of sp³-hybridized carbons (Fsp3) is 0.500. The molecule has 2 heterocycles. The van der Waals surface area contributed by atoms with Crippen LogP contribution in [0.25, 0.3) is 0 Å². The summed E-state index contributed by atoms with van der Waals surface area (Å²) >= 11 is 0. The molecule has 2 rings (SSSR count). The third kappa shape index (κ3) is 2.77. The molecule has 1 aliphatic rings. The first kappa shape index (κ1) is 14.0. The van der Waals surface area contributed by atoms with Gasteiger partial charge in [0.1, 0.15) is 0 Å². The summed E-state index contributed by atoms with van der Waals surface area (Å²) in [5, 5.41) is 4.85. The summed E-state index contributed by atoms with van der Waals surface area (Å²) in [6, 6.07) is -0.699. The van der Waals surface area contributed by atoms with Crippen molar-refractivity contribution in [2.45, 2.75) is 17.4 Å². The van der Waals surface area contributed by atoms with Crippen LogP contribution in [0, 0.1) is 0 Å². The minimum atomic E-state index is -4.28. The van der Waals surface area contributed by atoms with Gasteiger partial charge in [0, 0.05) is 6.20 Å². The van der Waals surface area contributed by atoms with E-state index in [0.29, 0.717) is 0 Å². The van der Waals surface area contributed by atoms with E-state index in [4.69, 9.17) is 5.14 Å². The molecule has 1 aromatic rings. The summed E-state index contributed by atoms with van der Waals surface area (Å²) in [6.07, 6.45) is 0.973. The Kier molecular flexibility index (Phi) is 3.15. The maximum atomic E-state index is 11.6.